The van der Waals surface area contributed by atoms with Crippen molar-refractivity contribution in [2.45, 2.75) is 63.3 Å². The summed E-state index contributed by atoms with van der Waals surface area (Å²) in [7, 11) is 1.87. The zero-order chi connectivity index (χ0) is 30.1. The lowest BCUT2D eigenvalue weighted by Gasteiger charge is -2.17. The van der Waals surface area contributed by atoms with Crippen molar-refractivity contribution in [3.05, 3.63) is 59.3 Å². The van der Waals surface area contributed by atoms with Crippen LogP contribution in [0.5, 0.6) is 0 Å². The SMILES string of the molecule is Cc1ccnc([C@H]2C[C@@H]2C(=O)Nc2nc(C3CC3)nc(N(C)Cc3cn4cc(C5CC5)cc(N5CC(=O)NC5=O)c4n3)n2)n1. The number of nitrogens with one attached hydrogen (secondary N) is 2. The number of rotatable bonds is 9. The lowest BCUT2D eigenvalue weighted by molar-refractivity contribution is -0.118. The number of aromatic nitrogens is 7. The normalized spacial score (nSPS) is 21.1. The maximum absolute atomic E-state index is 13.1. The molecule has 14 heteroatoms. The highest BCUT2D eigenvalue weighted by molar-refractivity contribution is 6.13. The fraction of sp³-hybridized carbons (Fsp3) is 0.433. The summed E-state index contributed by atoms with van der Waals surface area (Å²) in [5, 5.41) is 5.28. The molecule has 1 aliphatic heterocycles. The number of amides is 4. The van der Waals surface area contributed by atoms with Gasteiger partial charge in [0.25, 0.3) is 0 Å². The molecule has 14 nitrogen and oxygen atoms in total. The van der Waals surface area contributed by atoms with Gasteiger partial charge in [0.2, 0.25) is 23.7 Å². The number of fused-ring (bicyclic) bond motifs is 1. The monoisotopic (exact) mass is 593 g/mol. The molecule has 5 heterocycles. The summed E-state index contributed by atoms with van der Waals surface area (Å²) in [5.41, 5.74) is 3.95. The molecular weight excluding hydrogens is 562 g/mol. The minimum Gasteiger partial charge on any atom is -0.338 e. The second-order valence-electron chi connectivity index (χ2n) is 12.3. The van der Waals surface area contributed by atoms with E-state index in [9.17, 15) is 14.4 Å². The Balaban J connectivity index is 1.04. The predicted octanol–water partition coefficient (Wildman–Crippen LogP) is 2.81. The summed E-state index contributed by atoms with van der Waals surface area (Å²) in [4.78, 5) is 68.5. The first kappa shape index (κ1) is 26.6. The molecule has 0 radical (unpaired) electrons. The highest BCUT2D eigenvalue weighted by Crippen LogP contribution is 2.46. The molecule has 4 amide bonds. The lowest BCUT2D eigenvalue weighted by atomic mass is 10.1. The molecule has 4 fully saturated rings. The summed E-state index contributed by atoms with van der Waals surface area (Å²) < 4.78 is 1.93. The molecule has 4 aromatic rings. The van der Waals surface area contributed by atoms with Crippen LogP contribution in [0.2, 0.25) is 0 Å². The number of anilines is 3. The van der Waals surface area contributed by atoms with Gasteiger partial charge in [0, 0.05) is 49.1 Å². The summed E-state index contributed by atoms with van der Waals surface area (Å²) in [6.07, 6.45) is 10.6. The van der Waals surface area contributed by atoms with E-state index in [1.807, 2.05) is 41.6 Å². The van der Waals surface area contributed by atoms with Gasteiger partial charge in [0.15, 0.2) is 5.65 Å². The quantitative estimate of drug-likeness (QED) is 0.276. The number of urea groups is 1. The molecule has 3 saturated carbocycles. The molecular formula is C30H31N11O3. The fourth-order valence-corrected chi connectivity index (χ4v) is 5.77. The number of imide groups is 1. The topological polar surface area (TPSA) is 163 Å². The van der Waals surface area contributed by atoms with Crippen molar-refractivity contribution >= 4 is 41.1 Å². The number of carbonyl (C=O) groups is 3. The van der Waals surface area contributed by atoms with Crippen LogP contribution in [0, 0.1) is 12.8 Å². The second-order valence-corrected chi connectivity index (χ2v) is 12.3. The van der Waals surface area contributed by atoms with Crippen LogP contribution in [0.3, 0.4) is 0 Å². The minimum absolute atomic E-state index is 0.00749. The van der Waals surface area contributed by atoms with Crippen LogP contribution < -0.4 is 20.4 Å². The van der Waals surface area contributed by atoms with Gasteiger partial charge in [-0.05, 0) is 62.6 Å². The number of carbonyl (C=O) groups excluding carboxylic acids is 3. The molecule has 3 aliphatic carbocycles. The molecule has 0 aromatic carbocycles. The molecule has 0 bridgehead atoms. The Morgan fingerprint density at radius 1 is 1.05 bits per heavy atom. The molecule has 2 atom stereocenters. The Morgan fingerprint density at radius 2 is 1.86 bits per heavy atom. The van der Waals surface area contributed by atoms with E-state index in [1.165, 1.54) is 4.90 Å². The highest BCUT2D eigenvalue weighted by atomic mass is 16.2. The third-order valence-corrected chi connectivity index (χ3v) is 8.57. The van der Waals surface area contributed by atoms with Gasteiger partial charge in [-0.25, -0.2) is 19.7 Å². The van der Waals surface area contributed by atoms with E-state index in [2.05, 4.69) is 36.8 Å². The van der Waals surface area contributed by atoms with E-state index in [4.69, 9.17) is 9.97 Å². The number of aryl methyl sites for hydroxylation is 1. The molecule has 4 aliphatic rings. The third-order valence-electron chi connectivity index (χ3n) is 8.57. The van der Waals surface area contributed by atoms with E-state index in [1.54, 1.807) is 6.20 Å². The van der Waals surface area contributed by atoms with Gasteiger partial charge in [-0.15, -0.1) is 0 Å². The zero-order valence-electron chi connectivity index (χ0n) is 24.4. The van der Waals surface area contributed by atoms with Gasteiger partial charge < -0.3 is 9.30 Å². The van der Waals surface area contributed by atoms with Gasteiger partial charge >= 0.3 is 6.03 Å². The lowest BCUT2D eigenvalue weighted by Crippen LogP contribution is -2.28. The standard InChI is InChI=1S/C30H31N11O3/c1-15-7-8-31-25(32-15)20-10-21(20)27(43)37-28-35-24(17-5-6-17)36-29(38-28)39(2)12-19-13-40-11-18(16-3-4-16)9-22(26(40)33-19)41-14-23(42)34-30(41)44/h7-9,11,13,16-17,20-21H,3-6,10,12,14H2,1-2H3,(H,34,42,44)(H,35,36,37,38,43)/t20-,21-/m0/s1. The van der Waals surface area contributed by atoms with Crippen LogP contribution >= 0.6 is 0 Å². The van der Waals surface area contributed by atoms with Gasteiger partial charge in [0.1, 0.15) is 18.2 Å². The smallest absolute Gasteiger partial charge is 0.329 e. The van der Waals surface area contributed by atoms with Crippen molar-refractivity contribution in [1.82, 2.24) is 39.6 Å². The van der Waals surface area contributed by atoms with Gasteiger partial charge in [0.05, 0.1) is 17.9 Å². The molecule has 0 spiro atoms. The first-order valence-electron chi connectivity index (χ1n) is 15.0. The molecule has 1 saturated heterocycles. The molecule has 44 heavy (non-hydrogen) atoms. The second kappa shape index (κ2) is 10.0. The van der Waals surface area contributed by atoms with Crippen LogP contribution in [-0.2, 0) is 16.1 Å². The largest absolute Gasteiger partial charge is 0.338 e. The number of hydrogen-bond acceptors (Lipinski definition) is 10. The predicted molar refractivity (Wildman–Crippen MR) is 158 cm³/mol. The Bertz CT molecular complexity index is 1850. The average Bonchev–Trinajstić information content (AvgIpc) is 3.88. The van der Waals surface area contributed by atoms with Crippen molar-refractivity contribution < 1.29 is 14.4 Å². The Hall–Kier alpha value is -5.01. The first-order chi connectivity index (χ1) is 21.3. The van der Waals surface area contributed by atoms with Gasteiger partial charge in [-0.3, -0.25) is 25.1 Å². The van der Waals surface area contributed by atoms with E-state index >= 15 is 0 Å². The van der Waals surface area contributed by atoms with Crippen LogP contribution in [0.4, 0.5) is 22.4 Å². The molecule has 0 unspecified atom stereocenters. The van der Waals surface area contributed by atoms with E-state index in [-0.39, 0.29) is 42.1 Å². The number of imidazole rings is 1. The summed E-state index contributed by atoms with van der Waals surface area (Å²) in [6, 6.07) is 3.38. The maximum Gasteiger partial charge on any atom is 0.329 e. The van der Waals surface area contributed by atoms with E-state index in [0.29, 0.717) is 47.8 Å². The number of hydrogen-bond donors (Lipinski definition) is 2. The van der Waals surface area contributed by atoms with Crippen LogP contribution in [-0.4, -0.2) is 65.7 Å². The van der Waals surface area contributed by atoms with Crippen molar-refractivity contribution in [3.63, 3.8) is 0 Å². The van der Waals surface area contributed by atoms with Crippen molar-refractivity contribution in [2.24, 2.45) is 5.92 Å². The van der Waals surface area contributed by atoms with Crippen LogP contribution in [0.25, 0.3) is 5.65 Å². The van der Waals surface area contributed by atoms with Crippen molar-refractivity contribution in [3.8, 4) is 0 Å². The molecule has 8 rings (SSSR count). The average molecular weight is 594 g/mol. The molecule has 4 aromatic heterocycles. The summed E-state index contributed by atoms with van der Waals surface area (Å²) in [5.74, 6) is 2.02. The fourth-order valence-electron chi connectivity index (χ4n) is 5.77. The van der Waals surface area contributed by atoms with Crippen LogP contribution in [0.1, 0.15) is 78.5 Å². The zero-order valence-corrected chi connectivity index (χ0v) is 24.4. The van der Waals surface area contributed by atoms with E-state index in [0.717, 1.165) is 42.6 Å². The minimum atomic E-state index is -0.442. The first-order valence-corrected chi connectivity index (χ1v) is 15.0. The summed E-state index contributed by atoms with van der Waals surface area (Å²) >= 11 is 0. The van der Waals surface area contributed by atoms with E-state index < -0.39 is 6.03 Å². The Labute approximate surface area is 252 Å². The van der Waals surface area contributed by atoms with Gasteiger partial charge in [-0.1, -0.05) is 0 Å². The maximum atomic E-state index is 13.1. The van der Waals surface area contributed by atoms with Crippen molar-refractivity contribution in [1.29, 1.82) is 0 Å². The number of pyridine rings is 1. The Morgan fingerprint density at radius 3 is 2.59 bits per heavy atom. The summed E-state index contributed by atoms with van der Waals surface area (Å²) in [6.45, 7) is 2.26. The molecule has 224 valence electrons. The van der Waals surface area contributed by atoms with Gasteiger partial charge in [-0.2, -0.15) is 15.0 Å². The number of nitrogens with zero attached hydrogens (tertiary/aromatic N) is 9. The van der Waals surface area contributed by atoms with Crippen LogP contribution in [0.15, 0.2) is 30.7 Å². The third kappa shape index (κ3) is 5.09. The molecule has 2 N–H and O–H groups in total. The highest BCUT2D eigenvalue weighted by Gasteiger charge is 2.46. The Kier molecular flexibility index (Phi) is 6.06. The van der Waals surface area contributed by atoms with Crippen molar-refractivity contribution in [2.75, 3.05) is 28.7 Å².